The van der Waals surface area contributed by atoms with Crippen LogP contribution in [0.2, 0.25) is 5.02 Å². The zero-order valence-corrected chi connectivity index (χ0v) is 18.7. The molecule has 33 heavy (non-hydrogen) atoms. The van der Waals surface area contributed by atoms with Crippen molar-refractivity contribution in [2.24, 2.45) is 0 Å². The number of hydrogen-bond donors (Lipinski definition) is 2. The van der Waals surface area contributed by atoms with E-state index in [0.717, 1.165) is 0 Å². The normalized spacial score (nSPS) is 12.1. The molecule has 2 N–H and O–H groups in total. The number of fused-ring (bicyclic) bond motifs is 2. The van der Waals surface area contributed by atoms with Crippen molar-refractivity contribution in [3.8, 4) is 5.69 Å². The van der Waals surface area contributed by atoms with E-state index in [1.807, 2.05) is 49.4 Å². The van der Waals surface area contributed by atoms with Crippen LogP contribution in [0.1, 0.15) is 18.8 Å². The molecule has 0 unspecified atom stereocenters. The van der Waals surface area contributed by atoms with Crippen molar-refractivity contribution in [3.63, 3.8) is 0 Å². The van der Waals surface area contributed by atoms with Crippen LogP contribution in [0.25, 0.3) is 27.6 Å². The number of aromatic nitrogens is 5. The van der Waals surface area contributed by atoms with Gasteiger partial charge in [0.1, 0.15) is 11.3 Å². The van der Waals surface area contributed by atoms with E-state index < -0.39 is 6.04 Å². The van der Waals surface area contributed by atoms with Crippen molar-refractivity contribution in [1.29, 1.82) is 0 Å². The minimum atomic E-state index is -0.397. The molecule has 0 aliphatic heterocycles. The lowest BCUT2D eigenvalue weighted by Gasteiger charge is -2.21. The fourth-order valence-corrected chi connectivity index (χ4v) is 4.02. The van der Waals surface area contributed by atoms with E-state index in [9.17, 15) is 4.79 Å². The fraction of sp³-hybridized carbons (Fsp3) is 0.125. The average Bonchev–Trinajstić information content (AvgIpc) is 2.84. The van der Waals surface area contributed by atoms with Crippen LogP contribution in [0.15, 0.2) is 71.7 Å². The maximum Gasteiger partial charge on any atom is 0.267 e. The van der Waals surface area contributed by atoms with Crippen molar-refractivity contribution >= 4 is 45.3 Å². The number of halogens is 1. The minimum absolute atomic E-state index is 0.234. The third-order valence-electron chi connectivity index (χ3n) is 5.31. The highest BCUT2D eigenvalue weighted by Crippen LogP contribution is 2.27. The van der Waals surface area contributed by atoms with Crippen LogP contribution in [-0.4, -0.2) is 31.6 Å². The highest BCUT2D eigenvalue weighted by Gasteiger charge is 2.21. The van der Waals surface area contributed by atoms with Crippen molar-refractivity contribution < 1.29 is 0 Å². The number of rotatable bonds is 5. The Morgan fingerprint density at radius 3 is 2.52 bits per heavy atom. The molecule has 0 bridgehead atoms. The molecule has 9 heteroatoms. The third kappa shape index (κ3) is 3.74. The second kappa shape index (κ2) is 8.48. The molecule has 0 amide bonds. The largest absolute Gasteiger partial charge is 0.358 e. The van der Waals surface area contributed by atoms with Gasteiger partial charge in [-0.25, -0.2) is 9.97 Å². The summed E-state index contributed by atoms with van der Waals surface area (Å²) in [6, 6.07) is 17.9. The Morgan fingerprint density at radius 1 is 0.939 bits per heavy atom. The standard InChI is InChI=1S/C24H20ClN7O/c1-14(28-21-20-18(12-7-13-27-20)30-24(26-2)31-21)22-29-17-11-6-10-16(25)19(17)23(33)32(22)15-8-4-3-5-9-15/h3-14H,1-2H3,(H2,26,28,30,31)/t14-/m0/s1. The monoisotopic (exact) mass is 457 g/mol. The van der Waals surface area contributed by atoms with Gasteiger partial charge in [-0.15, -0.1) is 0 Å². The van der Waals surface area contributed by atoms with Crippen molar-refractivity contribution in [3.05, 3.63) is 88.1 Å². The van der Waals surface area contributed by atoms with E-state index in [1.165, 1.54) is 0 Å². The molecule has 0 aliphatic rings. The Morgan fingerprint density at radius 2 is 1.73 bits per heavy atom. The SMILES string of the molecule is CNc1nc(N[C@@H](C)c2nc3cccc(Cl)c3c(=O)n2-c2ccccc2)c2ncccc2n1. The summed E-state index contributed by atoms with van der Waals surface area (Å²) in [6.45, 7) is 1.92. The number of pyridine rings is 1. The minimum Gasteiger partial charge on any atom is -0.358 e. The summed E-state index contributed by atoms with van der Waals surface area (Å²) < 4.78 is 1.58. The third-order valence-corrected chi connectivity index (χ3v) is 5.62. The molecule has 0 radical (unpaired) electrons. The van der Waals surface area contributed by atoms with Gasteiger partial charge in [0, 0.05) is 13.2 Å². The van der Waals surface area contributed by atoms with Gasteiger partial charge in [-0.3, -0.25) is 14.3 Å². The second-order valence-electron chi connectivity index (χ2n) is 7.46. The van der Waals surface area contributed by atoms with Gasteiger partial charge in [0.05, 0.1) is 33.2 Å². The lowest BCUT2D eigenvalue weighted by molar-refractivity contribution is 0.732. The van der Waals surface area contributed by atoms with Gasteiger partial charge in [0.25, 0.3) is 5.56 Å². The second-order valence-corrected chi connectivity index (χ2v) is 7.87. The van der Waals surface area contributed by atoms with Crippen LogP contribution in [0.4, 0.5) is 11.8 Å². The first-order chi connectivity index (χ1) is 16.1. The molecule has 164 valence electrons. The molecule has 0 fully saturated rings. The Bertz CT molecular complexity index is 1540. The van der Waals surface area contributed by atoms with E-state index in [2.05, 4.69) is 25.6 Å². The summed E-state index contributed by atoms with van der Waals surface area (Å²) in [7, 11) is 1.76. The van der Waals surface area contributed by atoms with E-state index in [4.69, 9.17) is 16.6 Å². The first-order valence-electron chi connectivity index (χ1n) is 10.4. The molecule has 5 aromatic rings. The predicted molar refractivity (Wildman–Crippen MR) is 131 cm³/mol. The summed E-state index contributed by atoms with van der Waals surface area (Å²) in [5, 5.41) is 7.10. The topological polar surface area (TPSA) is 97.6 Å². The Hall–Kier alpha value is -4.04. The van der Waals surface area contributed by atoms with Crippen LogP contribution >= 0.6 is 11.6 Å². The summed E-state index contributed by atoms with van der Waals surface area (Å²) in [6.07, 6.45) is 1.69. The molecule has 3 heterocycles. The maximum atomic E-state index is 13.6. The Balaban J connectivity index is 1.71. The van der Waals surface area contributed by atoms with Crippen LogP contribution < -0.4 is 16.2 Å². The molecule has 3 aromatic heterocycles. The lowest BCUT2D eigenvalue weighted by atomic mass is 10.2. The fourth-order valence-electron chi connectivity index (χ4n) is 3.77. The quantitative estimate of drug-likeness (QED) is 0.398. The number of nitrogens with one attached hydrogen (secondary N) is 2. The molecule has 8 nitrogen and oxygen atoms in total. The van der Waals surface area contributed by atoms with E-state index in [0.29, 0.717) is 50.2 Å². The smallest absolute Gasteiger partial charge is 0.267 e. The highest BCUT2D eigenvalue weighted by atomic mass is 35.5. The van der Waals surface area contributed by atoms with Crippen molar-refractivity contribution in [2.45, 2.75) is 13.0 Å². The van der Waals surface area contributed by atoms with Gasteiger partial charge in [-0.1, -0.05) is 35.9 Å². The molecule has 0 aliphatic carbocycles. The van der Waals surface area contributed by atoms with Crippen LogP contribution in [0, 0.1) is 0 Å². The van der Waals surface area contributed by atoms with Gasteiger partial charge >= 0.3 is 0 Å². The first-order valence-corrected chi connectivity index (χ1v) is 10.8. The van der Waals surface area contributed by atoms with E-state index in [1.54, 1.807) is 36.0 Å². The van der Waals surface area contributed by atoms with Crippen LogP contribution in [-0.2, 0) is 0 Å². The zero-order valence-electron chi connectivity index (χ0n) is 18.0. The lowest BCUT2D eigenvalue weighted by Crippen LogP contribution is -2.27. The number of nitrogens with zero attached hydrogens (tertiary/aromatic N) is 5. The van der Waals surface area contributed by atoms with Crippen LogP contribution in [0.3, 0.4) is 0 Å². The maximum absolute atomic E-state index is 13.6. The van der Waals surface area contributed by atoms with Gasteiger partial charge < -0.3 is 10.6 Å². The van der Waals surface area contributed by atoms with E-state index >= 15 is 0 Å². The molecule has 5 rings (SSSR count). The molecule has 0 saturated heterocycles. The summed E-state index contributed by atoms with van der Waals surface area (Å²) in [5.41, 5.74) is 2.32. The van der Waals surface area contributed by atoms with Crippen molar-refractivity contribution in [2.75, 3.05) is 17.7 Å². The summed E-state index contributed by atoms with van der Waals surface area (Å²) in [4.78, 5) is 31.9. The number of benzene rings is 2. The number of anilines is 2. The zero-order chi connectivity index (χ0) is 22.9. The highest BCUT2D eigenvalue weighted by molar-refractivity contribution is 6.35. The summed E-state index contributed by atoms with van der Waals surface area (Å²) in [5.74, 6) is 1.52. The molecule has 2 aromatic carbocycles. The molecular weight excluding hydrogens is 438 g/mol. The molecule has 0 saturated carbocycles. The Kier molecular flexibility index (Phi) is 5.35. The van der Waals surface area contributed by atoms with Gasteiger partial charge in [0.15, 0.2) is 5.82 Å². The van der Waals surface area contributed by atoms with Gasteiger partial charge in [-0.2, -0.15) is 4.98 Å². The van der Waals surface area contributed by atoms with Gasteiger partial charge in [-0.05, 0) is 43.3 Å². The average molecular weight is 458 g/mol. The number of hydrogen-bond acceptors (Lipinski definition) is 7. The summed E-state index contributed by atoms with van der Waals surface area (Å²) >= 11 is 6.38. The predicted octanol–water partition coefficient (Wildman–Crippen LogP) is 4.59. The van der Waals surface area contributed by atoms with E-state index in [-0.39, 0.29) is 5.56 Å². The van der Waals surface area contributed by atoms with Crippen LogP contribution in [0.5, 0.6) is 0 Å². The molecule has 1 atom stereocenters. The van der Waals surface area contributed by atoms with Gasteiger partial charge in [0.2, 0.25) is 5.95 Å². The van der Waals surface area contributed by atoms with Crippen molar-refractivity contribution in [1.82, 2.24) is 24.5 Å². The molecular formula is C24H20ClN7O. The first kappa shape index (κ1) is 20.8. The molecule has 0 spiro atoms. The number of para-hydroxylation sites is 1. The Labute approximate surface area is 194 Å².